The predicted octanol–water partition coefficient (Wildman–Crippen LogP) is 4.71. The Morgan fingerprint density at radius 3 is 2.78 bits per heavy atom. The normalized spacial score (nSPS) is 15.4. The van der Waals surface area contributed by atoms with Crippen molar-refractivity contribution in [3.63, 3.8) is 0 Å². The lowest BCUT2D eigenvalue weighted by molar-refractivity contribution is -0.137. The first kappa shape index (κ1) is 19.6. The number of thiocarbonyl (C=S) groups is 1. The first-order valence-corrected chi connectivity index (χ1v) is 9.94. The largest absolute Gasteiger partial charge is 0.493 e. The standard InChI is InChI=1S/C19H14BrNO4S2/c20-13-4-2-5-14(11-13)21-18(24)16(27-19(21)26)10-12-3-1-6-15(9-12)25-8-7-17(22)23/h1-6,9-11H,7-8H2,(H,22,23)/b16-10+. The highest BCUT2D eigenvalue weighted by Crippen LogP contribution is 2.36. The summed E-state index contributed by atoms with van der Waals surface area (Å²) in [6.45, 7) is 0.0871. The minimum atomic E-state index is -0.914. The fourth-order valence-electron chi connectivity index (χ4n) is 2.41. The highest BCUT2D eigenvalue weighted by Gasteiger charge is 2.33. The molecule has 0 spiro atoms. The van der Waals surface area contributed by atoms with Crippen molar-refractivity contribution in [1.82, 2.24) is 0 Å². The molecule has 0 atom stereocenters. The number of thioether (sulfide) groups is 1. The van der Waals surface area contributed by atoms with E-state index in [4.69, 9.17) is 22.1 Å². The zero-order valence-electron chi connectivity index (χ0n) is 13.9. The van der Waals surface area contributed by atoms with Gasteiger partial charge in [-0.05, 0) is 42.0 Å². The number of hydrogen-bond donors (Lipinski definition) is 1. The Labute approximate surface area is 174 Å². The van der Waals surface area contributed by atoms with Crippen LogP contribution in [0.25, 0.3) is 6.08 Å². The molecule has 2 aromatic carbocycles. The van der Waals surface area contributed by atoms with Crippen LogP contribution in [0.4, 0.5) is 5.69 Å². The van der Waals surface area contributed by atoms with E-state index in [0.717, 1.165) is 10.0 Å². The molecule has 27 heavy (non-hydrogen) atoms. The van der Waals surface area contributed by atoms with Crippen LogP contribution >= 0.6 is 39.9 Å². The van der Waals surface area contributed by atoms with Gasteiger partial charge in [0, 0.05) is 4.47 Å². The number of ether oxygens (including phenoxy) is 1. The molecule has 1 heterocycles. The molecule has 1 amide bonds. The van der Waals surface area contributed by atoms with Crippen molar-refractivity contribution in [2.75, 3.05) is 11.5 Å². The van der Waals surface area contributed by atoms with Gasteiger partial charge in [0.1, 0.15) is 5.75 Å². The van der Waals surface area contributed by atoms with Crippen LogP contribution in [-0.2, 0) is 9.59 Å². The highest BCUT2D eigenvalue weighted by molar-refractivity contribution is 9.10. The van der Waals surface area contributed by atoms with E-state index in [1.165, 1.54) is 16.7 Å². The summed E-state index contributed by atoms with van der Waals surface area (Å²) >= 11 is 10.0. The maximum atomic E-state index is 12.8. The van der Waals surface area contributed by atoms with Crippen molar-refractivity contribution in [1.29, 1.82) is 0 Å². The molecule has 0 aliphatic carbocycles. The first-order valence-electron chi connectivity index (χ1n) is 7.92. The van der Waals surface area contributed by atoms with Crippen LogP contribution in [0.1, 0.15) is 12.0 Å². The number of anilines is 1. The average molecular weight is 464 g/mol. The molecular weight excluding hydrogens is 450 g/mol. The molecule has 8 heteroatoms. The lowest BCUT2D eigenvalue weighted by Crippen LogP contribution is -2.27. The van der Waals surface area contributed by atoms with Crippen LogP contribution in [0.5, 0.6) is 5.75 Å². The maximum absolute atomic E-state index is 12.8. The molecule has 5 nitrogen and oxygen atoms in total. The van der Waals surface area contributed by atoms with Crippen molar-refractivity contribution in [3.8, 4) is 5.75 Å². The molecule has 1 aliphatic heterocycles. The van der Waals surface area contributed by atoms with Gasteiger partial charge in [-0.1, -0.05) is 58.1 Å². The van der Waals surface area contributed by atoms with Crippen LogP contribution < -0.4 is 9.64 Å². The number of carbonyl (C=O) groups excluding carboxylic acids is 1. The minimum absolute atomic E-state index is 0.0739. The first-order chi connectivity index (χ1) is 12.9. The summed E-state index contributed by atoms with van der Waals surface area (Å²) < 4.78 is 6.77. The van der Waals surface area contributed by atoms with Crippen LogP contribution in [0.2, 0.25) is 0 Å². The monoisotopic (exact) mass is 463 g/mol. The second kappa shape index (κ2) is 8.69. The number of halogens is 1. The van der Waals surface area contributed by atoms with Crippen LogP contribution in [0, 0.1) is 0 Å². The summed E-state index contributed by atoms with van der Waals surface area (Å²) in [5.74, 6) is -0.546. The van der Waals surface area contributed by atoms with Crippen LogP contribution in [0.15, 0.2) is 57.9 Å². The molecule has 0 aromatic heterocycles. The number of aliphatic carboxylic acids is 1. The molecule has 0 saturated carbocycles. The lowest BCUT2D eigenvalue weighted by Gasteiger charge is -2.14. The van der Waals surface area contributed by atoms with Gasteiger partial charge >= 0.3 is 5.97 Å². The summed E-state index contributed by atoms with van der Waals surface area (Å²) in [6, 6.07) is 14.5. The molecule has 3 rings (SSSR count). The Balaban J connectivity index is 1.78. The number of carboxylic acids is 1. The Hall–Kier alpha value is -2.16. The van der Waals surface area contributed by atoms with Gasteiger partial charge in [0.05, 0.1) is 23.6 Å². The van der Waals surface area contributed by atoms with Crippen molar-refractivity contribution in [3.05, 3.63) is 63.5 Å². The Morgan fingerprint density at radius 2 is 2.04 bits per heavy atom. The fourth-order valence-corrected chi connectivity index (χ4v) is 4.09. The summed E-state index contributed by atoms with van der Waals surface area (Å²) in [6.07, 6.45) is 1.68. The summed E-state index contributed by atoms with van der Waals surface area (Å²) in [5, 5.41) is 8.68. The van der Waals surface area contributed by atoms with E-state index in [0.29, 0.717) is 20.7 Å². The molecule has 1 N–H and O–H groups in total. The number of benzene rings is 2. The Bertz CT molecular complexity index is 945. The van der Waals surface area contributed by atoms with Crippen molar-refractivity contribution in [2.24, 2.45) is 0 Å². The zero-order chi connectivity index (χ0) is 19.4. The van der Waals surface area contributed by atoms with Gasteiger partial charge in [-0.3, -0.25) is 14.5 Å². The average Bonchev–Trinajstić information content (AvgIpc) is 2.88. The molecular formula is C19H14BrNO4S2. The van der Waals surface area contributed by atoms with Gasteiger partial charge < -0.3 is 9.84 Å². The lowest BCUT2D eigenvalue weighted by atomic mass is 10.2. The quantitative estimate of drug-likeness (QED) is 0.494. The van der Waals surface area contributed by atoms with E-state index in [2.05, 4.69) is 15.9 Å². The van der Waals surface area contributed by atoms with Crippen molar-refractivity contribution in [2.45, 2.75) is 6.42 Å². The van der Waals surface area contributed by atoms with Crippen LogP contribution in [0.3, 0.4) is 0 Å². The topological polar surface area (TPSA) is 66.8 Å². The van der Waals surface area contributed by atoms with E-state index in [-0.39, 0.29) is 18.9 Å². The SMILES string of the molecule is O=C(O)CCOc1cccc(/C=C2/SC(=S)N(c3cccc(Br)c3)C2=O)c1. The van der Waals surface area contributed by atoms with E-state index < -0.39 is 5.97 Å². The third-order valence-corrected chi connectivity index (χ3v) is 5.40. The number of hydrogen-bond acceptors (Lipinski definition) is 5. The predicted molar refractivity (Wildman–Crippen MR) is 114 cm³/mol. The Morgan fingerprint density at radius 1 is 1.26 bits per heavy atom. The van der Waals surface area contributed by atoms with Gasteiger partial charge in [0.25, 0.3) is 5.91 Å². The molecule has 0 radical (unpaired) electrons. The van der Waals surface area contributed by atoms with Gasteiger partial charge in [-0.25, -0.2) is 0 Å². The van der Waals surface area contributed by atoms with Crippen molar-refractivity contribution < 1.29 is 19.4 Å². The summed E-state index contributed by atoms with van der Waals surface area (Å²) in [5.41, 5.74) is 1.48. The van der Waals surface area contributed by atoms with Gasteiger partial charge in [0.2, 0.25) is 0 Å². The van der Waals surface area contributed by atoms with Gasteiger partial charge in [-0.2, -0.15) is 0 Å². The van der Waals surface area contributed by atoms with Gasteiger partial charge in [0.15, 0.2) is 4.32 Å². The van der Waals surface area contributed by atoms with Gasteiger partial charge in [-0.15, -0.1) is 0 Å². The Kier molecular flexibility index (Phi) is 6.30. The zero-order valence-corrected chi connectivity index (χ0v) is 17.1. The molecule has 0 unspecified atom stereocenters. The molecule has 0 bridgehead atoms. The molecule has 1 aliphatic rings. The molecule has 1 saturated heterocycles. The van der Waals surface area contributed by atoms with E-state index in [1.807, 2.05) is 30.3 Å². The third kappa shape index (κ3) is 4.97. The second-order valence-corrected chi connectivity index (χ2v) is 8.15. The maximum Gasteiger partial charge on any atom is 0.306 e. The number of carbonyl (C=O) groups is 2. The van der Waals surface area contributed by atoms with Crippen LogP contribution in [-0.4, -0.2) is 27.9 Å². The molecule has 138 valence electrons. The summed E-state index contributed by atoms with van der Waals surface area (Å²) in [4.78, 5) is 25.4. The summed E-state index contributed by atoms with van der Waals surface area (Å²) in [7, 11) is 0. The number of nitrogens with zero attached hydrogens (tertiary/aromatic N) is 1. The van der Waals surface area contributed by atoms with E-state index in [9.17, 15) is 9.59 Å². The van der Waals surface area contributed by atoms with Crippen molar-refractivity contribution >= 4 is 67.9 Å². The minimum Gasteiger partial charge on any atom is -0.493 e. The second-order valence-electron chi connectivity index (χ2n) is 5.56. The van der Waals surface area contributed by atoms with E-state index in [1.54, 1.807) is 24.3 Å². The molecule has 1 fully saturated rings. The third-order valence-electron chi connectivity index (χ3n) is 3.60. The van der Waals surface area contributed by atoms with E-state index >= 15 is 0 Å². The number of carboxylic acid groups (broad SMARTS) is 1. The number of amides is 1. The number of rotatable bonds is 6. The fraction of sp³-hybridized carbons (Fsp3) is 0.105. The highest BCUT2D eigenvalue weighted by atomic mass is 79.9. The molecule has 2 aromatic rings. The smallest absolute Gasteiger partial charge is 0.306 e.